The highest BCUT2D eigenvalue weighted by Crippen LogP contribution is 2.07. The Balaban J connectivity index is 2.08. The maximum Gasteiger partial charge on any atom is 0.195 e. The van der Waals surface area contributed by atoms with E-state index in [1.165, 1.54) is 0 Å². The Labute approximate surface area is 99.3 Å². The smallest absolute Gasteiger partial charge is 0.195 e. The third-order valence-corrected chi connectivity index (χ3v) is 2.69. The second-order valence-corrected chi connectivity index (χ2v) is 3.80. The molecule has 0 amide bonds. The van der Waals surface area contributed by atoms with E-state index in [0.717, 1.165) is 18.1 Å². The number of nitrogens with zero attached hydrogens (tertiary/aromatic N) is 2. The summed E-state index contributed by atoms with van der Waals surface area (Å²) in [6.45, 7) is 3.56. The van der Waals surface area contributed by atoms with Crippen molar-refractivity contribution in [2.24, 2.45) is 0 Å². The molecular formula is C11H14N4S. The van der Waals surface area contributed by atoms with Gasteiger partial charge in [-0.1, -0.05) is 18.2 Å². The Morgan fingerprint density at radius 3 is 2.81 bits per heavy atom. The zero-order chi connectivity index (χ0) is 11.4. The van der Waals surface area contributed by atoms with Gasteiger partial charge in [-0.05, 0) is 31.3 Å². The fourth-order valence-electron chi connectivity index (χ4n) is 1.55. The Kier molecular flexibility index (Phi) is 3.36. The highest BCUT2D eigenvalue weighted by Gasteiger charge is 2.03. The molecule has 0 atom stereocenters. The molecule has 84 valence electrons. The van der Waals surface area contributed by atoms with Crippen molar-refractivity contribution in [2.45, 2.75) is 20.0 Å². The monoisotopic (exact) mass is 234 g/mol. The van der Waals surface area contributed by atoms with Crippen molar-refractivity contribution >= 4 is 17.9 Å². The number of aromatic amines is 1. The summed E-state index contributed by atoms with van der Waals surface area (Å²) in [6.07, 6.45) is 0. The summed E-state index contributed by atoms with van der Waals surface area (Å²) in [5.41, 5.74) is 1.08. The Hall–Kier alpha value is -1.62. The second kappa shape index (κ2) is 4.94. The molecule has 0 radical (unpaired) electrons. The van der Waals surface area contributed by atoms with Crippen LogP contribution >= 0.6 is 12.2 Å². The highest BCUT2D eigenvalue weighted by molar-refractivity contribution is 7.71. The Bertz CT molecular complexity index is 500. The van der Waals surface area contributed by atoms with Crippen LogP contribution in [0, 0.1) is 4.77 Å². The molecule has 0 aliphatic rings. The third kappa shape index (κ3) is 2.30. The van der Waals surface area contributed by atoms with Gasteiger partial charge in [0.25, 0.3) is 0 Å². The summed E-state index contributed by atoms with van der Waals surface area (Å²) in [6, 6.07) is 10.0. The lowest BCUT2D eigenvalue weighted by atomic mass is 10.3. The molecular weight excluding hydrogens is 220 g/mol. The van der Waals surface area contributed by atoms with Crippen molar-refractivity contribution in [1.29, 1.82) is 0 Å². The highest BCUT2D eigenvalue weighted by atomic mass is 32.1. The summed E-state index contributed by atoms with van der Waals surface area (Å²) < 4.78 is 2.65. The molecule has 0 unspecified atom stereocenters. The molecule has 16 heavy (non-hydrogen) atoms. The minimum Gasteiger partial charge on any atom is -0.378 e. The molecule has 2 aromatic rings. The van der Waals surface area contributed by atoms with Gasteiger partial charge < -0.3 is 9.88 Å². The van der Waals surface area contributed by atoms with E-state index in [1.54, 1.807) is 0 Å². The number of rotatable bonds is 4. The molecule has 1 aromatic carbocycles. The van der Waals surface area contributed by atoms with Crippen molar-refractivity contribution in [1.82, 2.24) is 14.8 Å². The van der Waals surface area contributed by atoms with E-state index in [4.69, 9.17) is 12.2 Å². The fourth-order valence-corrected chi connectivity index (χ4v) is 1.83. The standard InChI is InChI=1S/C11H14N4S/c1-2-15-10(13-14-11(15)16)8-12-9-6-4-3-5-7-9/h3-7,12H,2,8H2,1H3,(H,14,16). The second-order valence-electron chi connectivity index (χ2n) is 3.41. The SMILES string of the molecule is CCn1c(CNc2ccccc2)n[nH]c1=S. The lowest BCUT2D eigenvalue weighted by Crippen LogP contribution is -2.07. The van der Waals surface area contributed by atoms with Gasteiger partial charge in [-0.15, -0.1) is 0 Å². The zero-order valence-electron chi connectivity index (χ0n) is 9.10. The minimum absolute atomic E-state index is 0.672. The van der Waals surface area contributed by atoms with Crippen LogP contribution in [-0.2, 0) is 13.1 Å². The summed E-state index contributed by atoms with van der Waals surface area (Å²) in [7, 11) is 0. The normalized spacial score (nSPS) is 10.3. The minimum atomic E-state index is 0.672. The van der Waals surface area contributed by atoms with Gasteiger partial charge in [0.05, 0.1) is 6.54 Å². The van der Waals surface area contributed by atoms with Crippen LogP contribution in [-0.4, -0.2) is 14.8 Å². The topological polar surface area (TPSA) is 45.6 Å². The van der Waals surface area contributed by atoms with Gasteiger partial charge in [0.1, 0.15) is 0 Å². The van der Waals surface area contributed by atoms with Gasteiger partial charge in [0.2, 0.25) is 0 Å². The molecule has 0 spiro atoms. The molecule has 2 rings (SSSR count). The lowest BCUT2D eigenvalue weighted by Gasteiger charge is -2.06. The zero-order valence-corrected chi connectivity index (χ0v) is 9.92. The first-order valence-electron chi connectivity index (χ1n) is 5.24. The molecule has 0 aliphatic heterocycles. The molecule has 0 aliphatic carbocycles. The van der Waals surface area contributed by atoms with E-state index in [-0.39, 0.29) is 0 Å². The maximum absolute atomic E-state index is 5.12. The number of anilines is 1. The molecule has 0 saturated heterocycles. The average Bonchev–Trinajstić information content (AvgIpc) is 2.68. The molecule has 0 bridgehead atoms. The van der Waals surface area contributed by atoms with Crippen molar-refractivity contribution < 1.29 is 0 Å². The van der Waals surface area contributed by atoms with Crippen LogP contribution in [0.15, 0.2) is 30.3 Å². The average molecular weight is 234 g/mol. The van der Waals surface area contributed by atoms with Gasteiger partial charge >= 0.3 is 0 Å². The predicted molar refractivity (Wildman–Crippen MR) is 66.9 cm³/mol. The molecule has 0 saturated carbocycles. The van der Waals surface area contributed by atoms with Crippen LogP contribution in [0.3, 0.4) is 0 Å². The van der Waals surface area contributed by atoms with Crippen molar-refractivity contribution in [3.05, 3.63) is 40.9 Å². The van der Waals surface area contributed by atoms with Gasteiger partial charge in [-0.3, -0.25) is 5.10 Å². The Morgan fingerprint density at radius 1 is 1.38 bits per heavy atom. The number of nitrogens with one attached hydrogen (secondary N) is 2. The van der Waals surface area contributed by atoms with Crippen molar-refractivity contribution in [3.63, 3.8) is 0 Å². The molecule has 4 nitrogen and oxygen atoms in total. The number of hydrogen-bond acceptors (Lipinski definition) is 3. The van der Waals surface area contributed by atoms with E-state index < -0.39 is 0 Å². The molecule has 1 heterocycles. The number of para-hydroxylation sites is 1. The van der Waals surface area contributed by atoms with E-state index in [2.05, 4.69) is 22.4 Å². The first-order valence-corrected chi connectivity index (χ1v) is 5.65. The van der Waals surface area contributed by atoms with Crippen molar-refractivity contribution in [2.75, 3.05) is 5.32 Å². The summed E-state index contributed by atoms with van der Waals surface area (Å²) in [5.74, 6) is 0.927. The number of aromatic nitrogens is 3. The van der Waals surface area contributed by atoms with Crippen LogP contribution in [0.4, 0.5) is 5.69 Å². The Morgan fingerprint density at radius 2 is 2.12 bits per heavy atom. The molecule has 5 heteroatoms. The van der Waals surface area contributed by atoms with Crippen LogP contribution < -0.4 is 5.32 Å². The fraction of sp³-hybridized carbons (Fsp3) is 0.273. The van der Waals surface area contributed by atoms with E-state index in [0.29, 0.717) is 11.3 Å². The van der Waals surface area contributed by atoms with Gasteiger partial charge in [-0.25, -0.2) is 0 Å². The largest absolute Gasteiger partial charge is 0.378 e. The van der Waals surface area contributed by atoms with E-state index >= 15 is 0 Å². The number of benzene rings is 1. The van der Waals surface area contributed by atoms with Crippen LogP contribution in [0.1, 0.15) is 12.7 Å². The molecule has 0 fully saturated rings. The third-order valence-electron chi connectivity index (χ3n) is 2.38. The molecule has 1 aromatic heterocycles. The van der Waals surface area contributed by atoms with Gasteiger partial charge in [0, 0.05) is 12.2 Å². The van der Waals surface area contributed by atoms with Gasteiger partial charge in [-0.2, -0.15) is 5.10 Å². The first kappa shape index (κ1) is 10.9. The number of hydrogen-bond donors (Lipinski definition) is 2. The quantitative estimate of drug-likeness (QED) is 0.799. The summed E-state index contributed by atoms with van der Waals surface area (Å²) >= 11 is 5.12. The van der Waals surface area contributed by atoms with Crippen molar-refractivity contribution in [3.8, 4) is 0 Å². The first-order chi connectivity index (χ1) is 7.81. The van der Waals surface area contributed by atoms with Gasteiger partial charge in [0.15, 0.2) is 10.6 Å². The number of H-pyrrole nitrogens is 1. The van der Waals surface area contributed by atoms with E-state index in [1.807, 2.05) is 34.9 Å². The van der Waals surface area contributed by atoms with Crippen LogP contribution in [0.25, 0.3) is 0 Å². The van der Waals surface area contributed by atoms with E-state index in [9.17, 15) is 0 Å². The molecule has 2 N–H and O–H groups in total. The summed E-state index contributed by atoms with van der Waals surface area (Å²) in [4.78, 5) is 0. The predicted octanol–water partition coefficient (Wildman–Crippen LogP) is 2.57. The summed E-state index contributed by atoms with van der Waals surface area (Å²) in [5, 5.41) is 10.3. The maximum atomic E-state index is 5.12. The lowest BCUT2D eigenvalue weighted by molar-refractivity contribution is 0.700. The van der Waals surface area contributed by atoms with Crippen LogP contribution in [0.2, 0.25) is 0 Å². The van der Waals surface area contributed by atoms with Crippen LogP contribution in [0.5, 0.6) is 0 Å².